The average Bonchev–Trinajstić information content (AvgIpc) is 2.75. The summed E-state index contributed by atoms with van der Waals surface area (Å²) in [5.74, 6) is 1.06. The van der Waals surface area contributed by atoms with Crippen molar-refractivity contribution in [2.75, 3.05) is 12.3 Å². The van der Waals surface area contributed by atoms with Crippen LogP contribution in [-0.2, 0) is 16.4 Å². The summed E-state index contributed by atoms with van der Waals surface area (Å²) in [6.07, 6.45) is 0.783. The molecule has 0 spiro atoms. The Morgan fingerprint density at radius 3 is 2.63 bits per heavy atom. The maximum Gasteiger partial charge on any atom is 0.238 e. The van der Waals surface area contributed by atoms with Crippen LogP contribution in [0.25, 0.3) is 0 Å². The van der Waals surface area contributed by atoms with Crippen LogP contribution in [0.5, 0.6) is 0 Å². The van der Waals surface area contributed by atoms with Crippen molar-refractivity contribution in [1.29, 1.82) is 0 Å². The minimum Gasteiger partial charge on any atom is -0.362 e. The van der Waals surface area contributed by atoms with Gasteiger partial charge in [0.1, 0.15) is 0 Å². The zero-order valence-electron chi connectivity index (χ0n) is 10.7. The van der Waals surface area contributed by atoms with Crippen molar-refractivity contribution in [3.05, 3.63) is 29.8 Å². The van der Waals surface area contributed by atoms with E-state index in [0.717, 1.165) is 22.9 Å². The molecule has 0 aliphatic carbocycles. The maximum absolute atomic E-state index is 11.1. The maximum atomic E-state index is 11.1. The summed E-state index contributed by atoms with van der Waals surface area (Å²) in [7, 11) is -3.60. The molecule has 1 aliphatic rings. The molecule has 1 aromatic carbocycles. The first-order valence-electron chi connectivity index (χ1n) is 6.00. The number of sulfonamides is 1. The first-order chi connectivity index (χ1) is 8.95. The molecule has 0 radical (unpaired) electrons. The van der Waals surface area contributed by atoms with Crippen molar-refractivity contribution in [1.82, 2.24) is 5.32 Å². The summed E-state index contributed by atoms with van der Waals surface area (Å²) in [4.78, 5) is 4.61. The number of hydrogen-bond donors (Lipinski definition) is 2. The highest BCUT2D eigenvalue weighted by Crippen LogP contribution is 2.13. The van der Waals surface area contributed by atoms with Gasteiger partial charge in [0, 0.05) is 18.3 Å². The Kier molecular flexibility index (Phi) is 4.49. The van der Waals surface area contributed by atoms with Crippen LogP contribution in [-0.4, -0.2) is 31.9 Å². The Balaban J connectivity index is 1.90. The van der Waals surface area contributed by atoms with Crippen molar-refractivity contribution in [2.24, 2.45) is 10.1 Å². The Morgan fingerprint density at radius 2 is 2.11 bits per heavy atom. The SMILES string of the molecule is CC1CSC(=NCCc2ccc(S(N)(=O)=O)cc2)N1. The predicted octanol–water partition coefficient (Wildman–Crippen LogP) is 0.957. The van der Waals surface area contributed by atoms with Gasteiger partial charge in [0.05, 0.1) is 4.90 Å². The van der Waals surface area contributed by atoms with Gasteiger partial charge in [-0.1, -0.05) is 23.9 Å². The summed E-state index contributed by atoms with van der Waals surface area (Å²) < 4.78 is 22.2. The number of nitrogens with two attached hydrogens (primary N) is 1. The van der Waals surface area contributed by atoms with E-state index in [4.69, 9.17) is 5.14 Å². The average molecular weight is 299 g/mol. The van der Waals surface area contributed by atoms with Gasteiger partial charge in [-0.05, 0) is 31.0 Å². The van der Waals surface area contributed by atoms with E-state index in [-0.39, 0.29) is 4.90 Å². The van der Waals surface area contributed by atoms with Gasteiger partial charge in [-0.3, -0.25) is 4.99 Å². The van der Waals surface area contributed by atoms with Crippen LogP contribution >= 0.6 is 11.8 Å². The fourth-order valence-electron chi connectivity index (χ4n) is 1.72. The van der Waals surface area contributed by atoms with Gasteiger partial charge in [-0.25, -0.2) is 13.6 Å². The molecule has 19 heavy (non-hydrogen) atoms. The Bertz CT molecular complexity index is 567. The van der Waals surface area contributed by atoms with Crippen molar-refractivity contribution in [2.45, 2.75) is 24.3 Å². The van der Waals surface area contributed by atoms with Gasteiger partial charge < -0.3 is 5.32 Å². The highest BCUT2D eigenvalue weighted by Gasteiger charge is 2.14. The zero-order valence-corrected chi connectivity index (χ0v) is 12.3. The van der Waals surface area contributed by atoms with E-state index in [1.165, 1.54) is 12.1 Å². The largest absolute Gasteiger partial charge is 0.362 e. The molecule has 1 saturated heterocycles. The fourth-order valence-corrected chi connectivity index (χ4v) is 3.20. The van der Waals surface area contributed by atoms with Gasteiger partial charge in [0.2, 0.25) is 10.0 Å². The molecule has 104 valence electrons. The summed E-state index contributed by atoms with van der Waals surface area (Å²) in [5.41, 5.74) is 1.05. The number of primary sulfonamides is 1. The second-order valence-electron chi connectivity index (χ2n) is 4.48. The topological polar surface area (TPSA) is 84.5 Å². The van der Waals surface area contributed by atoms with Crippen LogP contribution in [0.4, 0.5) is 0 Å². The molecule has 0 bridgehead atoms. The quantitative estimate of drug-likeness (QED) is 0.867. The smallest absolute Gasteiger partial charge is 0.238 e. The first kappa shape index (κ1) is 14.4. The van der Waals surface area contributed by atoms with Gasteiger partial charge in [0.25, 0.3) is 0 Å². The van der Waals surface area contributed by atoms with E-state index >= 15 is 0 Å². The molecule has 1 aliphatic heterocycles. The van der Waals surface area contributed by atoms with E-state index in [2.05, 4.69) is 17.2 Å². The number of benzene rings is 1. The molecule has 7 heteroatoms. The summed E-state index contributed by atoms with van der Waals surface area (Å²) >= 11 is 1.73. The van der Waals surface area contributed by atoms with Crippen LogP contribution < -0.4 is 10.5 Å². The Hall–Kier alpha value is -1.05. The lowest BCUT2D eigenvalue weighted by Crippen LogP contribution is -2.23. The summed E-state index contributed by atoms with van der Waals surface area (Å²) in [5, 5.41) is 9.32. The van der Waals surface area contributed by atoms with Crippen LogP contribution in [0.3, 0.4) is 0 Å². The van der Waals surface area contributed by atoms with E-state index < -0.39 is 10.0 Å². The Morgan fingerprint density at radius 1 is 1.42 bits per heavy atom. The third-order valence-electron chi connectivity index (χ3n) is 2.75. The molecule has 1 aromatic rings. The number of amidine groups is 1. The third-order valence-corrected chi connectivity index (χ3v) is 4.86. The van der Waals surface area contributed by atoms with Crippen LogP contribution in [0.2, 0.25) is 0 Å². The molecular formula is C12H17N3O2S2. The van der Waals surface area contributed by atoms with Gasteiger partial charge in [0.15, 0.2) is 5.17 Å². The molecule has 0 saturated carbocycles. The lowest BCUT2D eigenvalue weighted by atomic mass is 10.1. The molecule has 2 rings (SSSR count). The number of rotatable bonds is 4. The van der Waals surface area contributed by atoms with Crippen molar-refractivity contribution < 1.29 is 8.42 Å². The van der Waals surface area contributed by atoms with Gasteiger partial charge in [-0.15, -0.1) is 0 Å². The predicted molar refractivity (Wildman–Crippen MR) is 78.9 cm³/mol. The number of thioether (sulfide) groups is 1. The molecule has 0 amide bonds. The third kappa shape index (κ3) is 4.22. The standard InChI is InChI=1S/C12H17N3O2S2/c1-9-8-18-12(15-9)14-7-6-10-2-4-11(5-3-10)19(13,16)17/h2-5,9H,6-8H2,1H3,(H,14,15)(H2,13,16,17). The minimum atomic E-state index is -3.60. The van der Waals surface area contributed by atoms with E-state index in [1.807, 2.05) is 0 Å². The molecule has 3 N–H and O–H groups in total. The number of nitrogens with one attached hydrogen (secondary N) is 1. The van der Waals surface area contributed by atoms with Gasteiger partial charge >= 0.3 is 0 Å². The normalized spacial score (nSPS) is 21.6. The van der Waals surface area contributed by atoms with E-state index in [0.29, 0.717) is 12.6 Å². The van der Waals surface area contributed by atoms with E-state index in [9.17, 15) is 8.42 Å². The number of nitrogens with zero attached hydrogens (tertiary/aromatic N) is 1. The van der Waals surface area contributed by atoms with Crippen molar-refractivity contribution in [3.8, 4) is 0 Å². The highest BCUT2D eigenvalue weighted by atomic mass is 32.2. The fraction of sp³-hybridized carbons (Fsp3) is 0.417. The summed E-state index contributed by atoms with van der Waals surface area (Å²) in [6, 6.07) is 7.10. The molecule has 1 atom stereocenters. The molecule has 0 aromatic heterocycles. The van der Waals surface area contributed by atoms with Crippen molar-refractivity contribution >= 4 is 27.0 Å². The monoisotopic (exact) mass is 299 g/mol. The Labute approximate surface area is 117 Å². The molecule has 5 nitrogen and oxygen atoms in total. The van der Waals surface area contributed by atoms with E-state index in [1.54, 1.807) is 23.9 Å². The van der Waals surface area contributed by atoms with Gasteiger partial charge in [-0.2, -0.15) is 0 Å². The lowest BCUT2D eigenvalue weighted by molar-refractivity contribution is 0.598. The van der Waals surface area contributed by atoms with Crippen LogP contribution in [0, 0.1) is 0 Å². The van der Waals surface area contributed by atoms with Crippen molar-refractivity contribution in [3.63, 3.8) is 0 Å². The first-order valence-corrected chi connectivity index (χ1v) is 8.54. The van der Waals surface area contributed by atoms with Crippen LogP contribution in [0.15, 0.2) is 34.2 Å². The molecule has 1 heterocycles. The minimum absolute atomic E-state index is 0.143. The lowest BCUT2D eigenvalue weighted by Gasteiger charge is -2.03. The zero-order chi connectivity index (χ0) is 13.9. The molecule has 1 fully saturated rings. The molecular weight excluding hydrogens is 282 g/mol. The second-order valence-corrected chi connectivity index (χ2v) is 7.05. The second kappa shape index (κ2) is 5.94. The van der Waals surface area contributed by atoms with Crippen LogP contribution in [0.1, 0.15) is 12.5 Å². The highest BCUT2D eigenvalue weighted by molar-refractivity contribution is 8.14. The number of hydrogen-bond acceptors (Lipinski definition) is 4. The summed E-state index contributed by atoms with van der Waals surface area (Å²) in [6.45, 7) is 2.82. The molecule has 1 unspecified atom stereocenters. The number of aliphatic imine (C=N–C) groups is 1.